The van der Waals surface area contributed by atoms with Crippen LogP contribution in [0.15, 0.2) is 30.5 Å². The molecular weight excluding hydrogens is 247 g/mol. The average molecular weight is 255 g/mol. The maximum Gasteiger partial charge on any atom is 0.354 e. The molecule has 0 spiro atoms. The Bertz CT molecular complexity index is 568. The van der Waals surface area contributed by atoms with Crippen molar-refractivity contribution in [2.24, 2.45) is 0 Å². The summed E-state index contributed by atoms with van der Waals surface area (Å²) in [4.78, 5) is 10.9. The van der Waals surface area contributed by atoms with Crippen LogP contribution in [-0.4, -0.2) is 20.9 Å². The van der Waals surface area contributed by atoms with Crippen LogP contribution < -0.4 is 0 Å². The third-order valence-electron chi connectivity index (χ3n) is 2.29. The number of hydrogen-bond acceptors (Lipinski definition) is 2. The lowest BCUT2D eigenvalue weighted by molar-refractivity contribution is 0.0684. The topological polar surface area (TPSA) is 55.1 Å². The number of benzene rings is 1. The Morgan fingerprint density at radius 3 is 2.94 bits per heavy atom. The Labute approximate surface area is 101 Å². The van der Waals surface area contributed by atoms with Crippen LogP contribution in [0, 0.1) is 5.82 Å². The van der Waals surface area contributed by atoms with Gasteiger partial charge in [0.15, 0.2) is 0 Å². The molecule has 1 N–H and O–H groups in total. The largest absolute Gasteiger partial charge is 0.477 e. The van der Waals surface area contributed by atoms with Crippen molar-refractivity contribution in [3.05, 3.63) is 52.6 Å². The average Bonchev–Trinajstić information content (AvgIpc) is 2.73. The molecule has 0 amide bonds. The zero-order valence-electron chi connectivity index (χ0n) is 8.60. The molecule has 0 fully saturated rings. The van der Waals surface area contributed by atoms with Crippen LogP contribution in [0.2, 0.25) is 5.02 Å². The first kappa shape index (κ1) is 11.6. The Morgan fingerprint density at radius 1 is 1.47 bits per heavy atom. The smallest absolute Gasteiger partial charge is 0.354 e. The highest BCUT2D eigenvalue weighted by molar-refractivity contribution is 6.31. The summed E-state index contributed by atoms with van der Waals surface area (Å²) in [6.07, 6.45) is 1.37. The lowest BCUT2D eigenvalue weighted by Crippen LogP contribution is -2.11. The molecule has 17 heavy (non-hydrogen) atoms. The third-order valence-corrected chi connectivity index (χ3v) is 2.71. The minimum atomic E-state index is -1.09. The van der Waals surface area contributed by atoms with Crippen LogP contribution in [0.4, 0.5) is 4.39 Å². The van der Waals surface area contributed by atoms with Gasteiger partial charge >= 0.3 is 5.97 Å². The molecule has 2 aromatic rings. The number of carbonyl (C=O) groups is 1. The van der Waals surface area contributed by atoms with E-state index in [2.05, 4.69) is 5.10 Å². The number of aromatic carboxylic acids is 1. The minimum Gasteiger partial charge on any atom is -0.477 e. The number of halogens is 2. The third kappa shape index (κ3) is 2.29. The molecule has 0 unspecified atom stereocenters. The van der Waals surface area contributed by atoms with Gasteiger partial charge in [-0.15, -0.1) is 0 Å². The van der Waals surface area contributed by atoms with Crippen LogP contribution in [0.25, 0.3) is 0 Å². The van der Waals surface area contributed by atoms with Crippen LogP contribution in [-0.2, 0) is 6.54 Å². The molecule has 2 rings (SSSR count). The molecule has 6 heteroatoms. The van der Waals surface area contributed by atoms with E-state index in [4.69, 9.17) is 16.7 Å². The second-order valence-corrected chi connectivity index (χ2v) is 3.77. The Balaban J connectivity index is 2.35. The summed E-state index contributed by atoms with van der Waals surface area (Å²) in [6, 6.07) is 5.75. The van der Waals surface area contributed by atoms with Gasteiger partial charge in [-0.2, -0.15) is 5.10 Å². The maximum absolute atomic E-state index is 13.2. The van der Waals surface area contributed by atoms with Crippen molar-refractivity contribution in [1.29, 1.82) is 0 Å². The molecular formula is C11H8ClFN2O2. The van der Waals surface area contributed by atoms with E-state index in [1.54, 1.807) is 6.07 Å². The van der Waals surface area contributed by atoms with Crippen molar-refractivity contribution in [3.8, 4) is 0 Å². The first-order chi connectivity index (χ1) is 8.09. The molecule has 0 aliphatic rings. The molecule has 0 aliphatic carbocycles. The van der Waals surface area contributed by atoms with Crippen molar-refractivity contribution >= 4 is 17.6 Å². The molecule has 1 heterocycles. The van der Waals surface area contributed by atoms with E-state index in [-0.39, 0.29) is 17.3 Å². The Hall–Kier alpha value is -1.88. The fourth-order valence-corrected chi connectivity index (χ4v) is 1.66. The molecule has 4 nitrogen and oxygen atoms in total. The lowest BCUT2D eigenvalue weighted by Gasteiger charge is -2.07. The predicted molar refractivity (Wildman–Crippen MR) is 59.7 cm³/mol. The molecule has 0 radical (unpaired) electrons. The van der Waals surface area contributed by atoms with E-state index < -0.39 is 11.8 Å². The molecule has 0 aliphatic heterocycles. The molecule has 0 atom stereocenters. The van der Waals surface area contributed by atoms with E-state index >= 15 is 0 Å². The number of carboxylic acids is 1. The lowest BCUT2D eigenvalue weighted by atomic mass is 10.2. The van der Waals surface area contributed by atoms with E-state index in [1.807, 2.05) is 0 Å². The zero-order chi connectivity index (χ0) is 12.4. The summed E-state index contributed by atoms with van der Waals surface area (Å²) in [5.74, 6) is -1.62. The van der Waals surface area contributed by atoms with Crippen LogP contribution >= 0.6 is 11.6 Å². The van der Waals surface area contributed by atoms with Gasteiger partial charge in [-0.25, -0.2) is 9.18 Å². The van der Waals surface area contributed by atoms with Gasteiger partial charge in [-0.1, -0.05) is 23.7 Å². The summed E-state index contributed by atoms with van der Waals surface area (Å²) in [6.45, 7) is 0.116. The van der Waals surface area contributed by atoms with Gasteiger partial charge < -0.3 is 5.11 Å². The first-order valence-corrected chi connectivity index (χ1v) is 5.15. The van der Waals surface area contributed by atoms with Gasteiger partial charge in [0.05, 0.1) is 11.6 Å². The normalized spacial score (nSPS) is 10.5. The Kier molecular flexibility index (Phi) is 3.10. The quantitative estimate of drug-likeness (QED) is 0.915. The zero-order valence-corrected chi connectivity index (χ0v) is 9.36. The van der Waals surface area contributed by atoms with E-state index in [0.717, 1.165) is 0 Å². The van der Waals surface area contributed by atoms with E-state index in [9.17, 15) is 9.18 Å². The fourth-order valence-electron chi connectivity index (χ4n) is 1.47. The molecule has 1 aromatic heterocycles. The molecule has 0 saturated carbocycles. The highest BCUT2D eigenvalue weighted by atomic mass is 35.5. The SMILES string of the molecule is O=C(O)c1ccnn1Cc1cccc(F)c1Cl. The van der Waals surface area contributed by atoms with Gasteiger partial charge in [0.1, 0.15) is 11.5 Å². The Morgan fingerprint density at radius 2 is 2.24 bits per heavy atom. The summed E-state index contributed by atoms with van der Waals surface area (Å²) in [5.41, 5.74) is 0.517. The monoisotopic (exact) mass is 254 g/mol. The first-order valence-electron chi connectivity index (χ1n) is 4.77. The second-order valence-electron chi connectivity index (χ2n) is 3.39. The van der Waals surface area contributed by atoms with Gasteiger partial charge in [-0.3, -0.25) is 4.68 Å². The summed E-state index contributed by atoms with van der Waals surface area (Å²) in [7, 11) is 0. The number of aromatic nitrogens is 2. The van der Waals surface area contributed by atoms with Crippen molar-refractivity contribution in [2.45, 2.75) is 6.54 Å². The maximum atomic E-state index is 13.2. The summed E-state index contributed by atoms with van der Waals surface area (Å²) in [5, 5.41) is 12.7. The molecule has 88 valence electrons. The second kappa shape index (κ2) is 4.55. The van der Waals surface area contributed by atoms with Crippen molar-refractivity contribution in [1.82, 2.24) is 9.78 Å². The standard InChI is InChI=1S/C11H8ClFN2O2/c12-10-7(2-1-3-8(10)13)6-15-9(11(16)17)4-5-14-15/h1-5H,6H2,(H,16,17). The molecule has 0 saturated heterocycles. The summed E-state index contributed by atoms with van der Waals surface area (Å²) >= 11 is 5.78. The van der Waals surface area contributed by atoms with Gasteiger partial charge in [0, 0.05) is 6.20 Å². The fraction of sp³-hybridized carbons (Fsp3) is 0.0909. The minimum absolute atomic E-state index is 0.0145. The predicted octanol–water partition coefficient (Wildman–Crippen LogP) is 2.42. The van der Waals surface area contributed by atoms with Crippen molar-refractivity contribution in [3.63, 3.8) is 0 Å². The van der Waals surface area contributed by atoms with Gasteiger partial charge in [-0.05, 0) is 17.7 Å². The van der Waals surface area contributed by atoms with Crippen LogP contribution in [0.5, 0.6) is 0 Å². The van der Waals surface area contributed by atoms with Crippen molar-refractivity contribution < 1.29 is 14.3 Å². The number of carboxylic acid groups (broad SMARTS) is 1. The molecule has 1 aromatic carbocycles. The number of hydrogen-bond donors (Lipinski definition) is 1. The highest BCUT2D eigenvalue weighted by Gasteiger charge is 2.12. The highest BCUT2D eigenvalue weighted by Crippen LogP contribution is 2.20. The number of rotatable bonds is 3. The van der Waals surface area contributed by atoms with Gasteiger partial charge in [0.2, 0.25) is 0 Å². The van der Waals surface area contributed by atoms with E-state index in [0.29, 0.717) is 5.56 Å². The van der Waals surface area contributed by atoms with Crippen molar-refractivity contribution in [2.75, 3.05) is 0 Å². The number of nitrogens with zero attached hydrogens (tertiary/aromatic N) is 2. The van der Waals surface area contributed by atoms with Crippen LogP contribution in [0.3, 0.4) is 0 Å². The molecule has 0 bridgehead atoms. The van der Waals surface area contributed by atoms with E-state index in [1.165, 1.54) is 29.1 Å². The van der Waals surface area contributed by atoms with Gasteiger partial charge in [0.25, 0.3) is 0 Å². The van der Waals surface area contributed by atoms with Crippen LogP contribution in [0.1, 0.15) is 16.1 Å². The summed E-state index contributed by atoms with van der Waals surface area (Å²) < 4.78 is 14.4.